The Morgan fingerprint density at radius 1 is 1.40 bits per heavy atom. The van der Waals surface area contributed by atoms with E-state index in [0.29, 0.717) is 12.0 Å². The Morgan fingerprint density at radius 3 is 2.73 bits per heavy atom. The number of hydrogen-bond acceptors (Lipinski definition) is 1. The molecule has 1 aliphatic rings. The monoisotopic (exact) mass is 223 g/mol. The first-order valence-electron chi connectivity index (χ1n) is 5.71. The van der Waals surface area contributed by atoms with Gasteiger partial charge in [0, 0.05) is 11.1 Å². The lowest BCUT2D eigenvalue weighted by Crippen LogP contribution is -2.12. The summed E-state index contributed by atoms with van der Waals surface area (Å²) in [4.78, 5) is 0. The van der Waals surface area contributed by atoms with Crippen molar-refractivity contribution in [2.24, 2.45) is 0 Å². The van der Waals surface area contributed by atoms with Crippen LogP contribution < -0.4 is 5.32 Å². The maximum atomic E-state index is 6.28. The molecule has 1 aromatic carbocycles. The molecule has 1 heterocycles. The summed E-state index contributed by atoms with van der Waals surface area (Å²) >= 11 is 6.28. The molecule has 0 amide bonds. The predicted octanol–water partition coefficient (Wildman–Crippen LogP) is 3.89. The molecule has 1 unspecified atom stereocenters. The van der Waals surface area contributed by atoms with E-state index in [4.69, 9.17) is 11.6 Å². The SMILES string of the molecule is CC(C)c1ccc(C2CCCN2)cc1Cl. The number of halogens is 1. The second-order valence-electron chi connectivity index (χ2n) is 4.58. The van der Waals surface area contributed by atoms with Crippen LogP contribution in [0, 0.1) is 0 Å². The van der Waals surface area contributed by atoms with E-state index in [0.717, 1.165) is 11.6 Å². The molecule has 0 bridgehead atoms. The molecule has 0 aliphatic carbocycles. The van der Waals surface area contributed by atoms with Gasteiger partial charge >= 0.3 is 0 Å². The van der Waals surface area contributed by atoms with E-state index in [1.54, 1.807) is 0 Å². The molecule has 82 valence electrons. The number of rotatable bonds is 2. The summed E-state index contributed by atoms with van der Waals surface area (Å²) in [5.41, 5.74) is 2.58. The van der Waals surface area contributed by atoms with Crippen molar-refractivity contribution in [2.75, 3.05) is 6.54 Å². The number of benzene rings is 1. The Hall–Kier alpha value is -0.530. The van der Waals surface area contributed by atoms with Gasteiger partial charge in [-0.25, -0.2) is 0 Å². The van der Waals surface area contributed by atoms with E-state index in [-0.39, 0.29) is 0 Å². The highest BCUT2D eigenvalue weighted by atomic mass is 35.5. The van der Waals surface area contributed by atoms with Crippen LogP contribution in [0.4, 0.5) is 0 Å². The van der Waals surface area contributed by atoms with Crippen LogP contribution in [0.2, 0.25) is 5.02 Å². The predicted molar refractivity (Wildman–Crippen MR) is 65.5 cm³/mol. The van der Waals surface area contributed by atoms with Gasteiger partial charge in [0.1, 0.15) is 0 Å². The third-order valence-corrected chi connectivity index (χ3v) is 3.44. The maximum absolute atomic E-state index is 6.28. The van der Waals surface area contributed by atoms with Crippen LogP contribution in [0.1, 0.15) is 49.8 Å². The van der Waals surface area contributed by atoms with Crippen molar-refractivity contribution >= 4 is 11.6 Å². The number of hydrogen-bond donors (Lipinski definition) is 1. The van der Waals surface area contributed by atoms with Gasteiger partial charge in [0.25, 0.3) is 0 Å². The Bertz CT molecular complexity index is 340. The summed E-state index contributed by atoms with van der Waals surface area (Å²) in [6.45, 7) is 5.48. The first kappa shape index (κ1) is 11.0. The normalized spacial score (nSPS) is 21.2. The lowest BCUT2D eigenvalue weighted by atomic mass is 9.98. The zero-order chi connectivity index (χ0) is 10.8. The summed E-state index contributed by atoms with van der Waals surface area (Å²) in [5, 5.41) is 4.40. The molecular weight excluding hydrogens is 206 g/mol. The molecule has 0 radical (unpaired) electrons. The van der Waals surface area contributed by atoms with Crippen molar-refractivity contribution in [3.63, 3.8) is 0 Å². The first-order valence-corrected chi connectivity index (χ1v) is 6.09. The second-order valence-corrected chi connectivity index (χ2v) is 4.99. The van der Waals surface area contributed by atoms with Gasteiger partial charge in [-0.3, -0.25) is 0 Å². The molecule has 0 saturated carbocycles. The van der Waals surface area contributed by atoms with Crippen molar-refractivity contribution in [1.82, 2.24) is 5.32 Å². The van der Waals surface area contributed by atoms with E-state index in [1.807, 2.05) is 0 Å². The minimum Gasteiger partial charge on any atom is -0.310 e. The van der Waals surface area contributed by atoms with Gasteiger partial charge in [0.05, 0.1) is 0 Å². The Balaban J connectivity index is 2.24. The van der Waals surface area contributed by atoms with E-state index in [1.165, 1.54) is 24.0 Å². The van der Waals surface area contributed by atoms with Gasteiger partial charge < -0.3 is 5.32 Å². The lowest BCUT2D eigenvalue weighted by Gasteiger charge is -2.14. The fourth-order valence-electron chi connectivity index (χ4n) is 2.20. The highest BCUT2D eigenvalue weighted by molar-refractivity contribution is 6.31. The molecule has 1 saturated heterocycles. The molecule has 1 N–H and O–H groups in total. The minimum atomic E-state index is 0.503. The van der Waals surface area contributed by atoms with Gasteiger partial charge in [-0.15, -0.1) is 0 Å². The highest BCUT2D eigenvalue weighted by Crippen LogP contribution is 2.30. The van der Waals surface area contributed by atoms with Gasteiger partial charge in [-0.05, 0) is 42.5 Å². The molecule has 1 nitrogen and oxygen atoms in total. The smallest absolute Gasteiger partial charge is 0.0443 e. The van der Waals surface area contributed by atoms with Gasteiger partial charge in [-0.2, -0.15) is 0 Å². The van der Waals surface area contributed by atoms with E-state index < -0.39 is 0 Å². The molecule has 1 aromatic rings. The van der Waals surface area contributed by atoms with E-state index >= 15 is 0 Å². The molecular formula is C13H18ClN. The van der Waals surface area contributed by atoms with Gasteiger partial charge in [0.2, 0.25) is 0 Å². The summed E-state index contributed by atoms with van der Waals surface area (Å²) in [6, 6.07) is 7.02. The van der Waals surface area contributed by atoms with E-state index in [9.17, 15) is 0 Å². The van der Waals surface area contributed by atoms with Crippen LogP contribution in [-0.4, -0.2) is 6.54 Å². The van der Waals surface area contributed by atoms with Crippen molar-refractivity contribution in [1.29, 1.82) is 0 Å². The summed E-state index contributed by atoms with van der Waals surface area (Å²) < 4.78 is 0. The molecule has 0 spiro atoms. The highest BCUT2D eigenvalue weighted by Gasteiger charge is 2.17. The lowest BCUT2D eigenvalue weighted by molar-refractivity contribution is 0.647. The Kier molecular flexibility index (Phi) is 3.32. The largest absolute Gasteiger partial charge is 0.310 e. The Labute approximate surface area is 96.8 Å². The molecule has 1 atom stereocenters. The fraction of sp³-hybridized carbons (Fsp3) is 0.538. The first-order chi connectivity index (χ1) is 7.18. The van der Waals surface area contributed by atoms with E-state index in [2.05, 4.69) is 37.4 Å². The molecule has 0 aromatic heterocycles. The molecule has 1 aliphatic heterocycles. The van der Waals surface area contributed by atoms with Gasteiger partial charge in [-0.1, -0.05) is 37.6 Å². The Morgan fingerprint density at radius 2 is 2.20 bits per heavy atom. The third kappa shape index (κ3) is 2.35. The zero-order valence-electron chi connectivity index (χ0n) is 9.39. The minimum absolute atomic E-state index is 0.503. The zero-order valence-corrected chi connectivity index (χ0v) is 10.1. The third-order valence-electron chi connectivity index (χ3n) is 3.11. The van der Waals surface area contributed by atoms with Crippen molar-refractivity contribution in [3.8, 4) is 0 Å². The molecule has 2 rings (SSSR count). The van der Waals surface area contributed by atoms with Crippen LogP contribution in [0.3, 0.4) is 0 Å². The van der Waals surface area contributed by atoms with Crippen molar-refractivity contribution in [2.45, 2.75) is 38.6 Å². The summed E-state index contributed by atoms with van der Waals surface area (Å²) in [6.07, 6.45) is 2.51. The van der Waals surface area contributed by atoms with Gasteiger partial charge in [0.15, 0.2) is 0 Å². The average Bonchev–Trinajstić information content (AvgIpc) is 2.69. The van der Waals surface area contributed by atoms with Crippen LogP contribution in [0.5, 0.6) is 0 Å². The molecule has 15 heavy (non-hydrogen) atoms. The summed E-state index contributed by atoms with van der Waals surface area (Å²) in [7, 11) is 0. The number of nitrogens with one attached hydrogen (secondary N) is 1. The average molecular weight is 224 g/mol. The van der Waals surface area contributed by atoms with Crippen LogP contribution in [-0.2, 0) is 0 Å². The van der Waals surface area contributed by atoms with Crippen molar-refractivity contribution < 1.29 is 0 Å². The fourth-order valence-corrected chi connectivity index (χ4v) is 2.60. The quantitative estimate of drug-likeness (QED) is 0.802. The van der Waals surface area contributed by atoms with Crippen molar-refractivity contribution in [3.05, 3.63) is 34.3 Å². The second kappa shape index (κ2) is 4.54. The molecule has 1 fully saturated rings. The van der Waals surface area contributed by atoms with Crippen LogP contribution in [0.25, 0.3) is 0 Å². The van der Waals surface area contributed by atoms with Crippen LogP contribution in [0.15, 0.2) is 18.2 Å². The maximum Gasteiger partial charge on any atom is 0.0443 e. The standard InChI is InChI=1S/C13H18ClN/c1-9(2)11-6-5-10(8-12(11)14)13-4-3-7-15-13/h5-6,8-9,13,15H,3-4,7H2,1-2H3. The van der Waals surface area contributed by atoms with Crippen LogP contribution >= 0.6 is 11.6 Å². The molecule has 2 heteroatoms. The topological polar surface area (TPSA) is 12.0 Å². The summed E-state index contributed by atoms with van der Waals surface area (Å²) in [5.74, 6) is 0.503.